The predicted octanol–water partition coefficient (Wildman–Crippen LogP) is 2.81. The van der Waals surface area contributed by atoms with Gasteiger partial charge >= 0.3 is 5.97 Å². The zero-order chi connectivity index (χ0) is 18.1. The molecule has 25 heavy (non-hydrogen) atoms. The van der Waals surface area contributed by atoms with Gasteiger partial charge in [0, 0.05) is 30.2 Å². The summed E-state index contributed by atoms with van der Waals surface area (Å²) in [5.41, 5.74) is 2.37. The molecule has 1 aliphatic rings. The molecule has 3 heterocycles. The van der Waals surface area contributed by atoms with Gasteiger partial charge in [-0.1, -0.05) is 6.07 Å². The molecular weight excluding hydrogens is 318 g/mol. The first-order chi connectivity index (χ1) is 11.9. The third-order valence-electron chi connectivity index (χ3n) is 5.11. The largest absolute Gasteiger partial charge is 0.481 e. The lowest BCUT2D eigenvalue weighted by atomic mass is 9.90. The van der Waals surface area contributed by atoms with E-state index in [1.807, 2.05) is 49.6 Å². The maximum absolute atomic E-state index is 13.1. The van der Waals surface area contributed by atoms with Gasteiger partial charge in [-0.25, -0.2) is 4.98 Å². The van der Waals surface area contributed by atoms with Gasteiger partial charge in [0.1, 0.15) is 5.82 Å². The van der Waals surface area contributed by atoms with Gasteiger partial charge < -0.3 is 14.6 Å². The average molecular weight is 341 g/mol. The van der Waals surface area contributed by atoms with Crippen molar-refractivity contribution in [2.24, 2.45) is 5.92 Å². The number of carboxylic acid groups (broad SMARTS) is 1. The molecule has 6 nitrogen and oxygen atoms in total. The minimum atomic E-state index is -0.830. The molecule has 1 fully saturated rings. The molecule has 1 aliphatic heterocycles. The van der Waals surface area contributed by atoms with E-state index in [4.69, 9.17) is 0 Å². The monoisotopic (exact) mass is 341 g/mol. The molecule has 3 rings (SSSR count). The maximum Gasteiger partial charge on any atom is 0.308 e. The molecule has 0 radical (unpaired) electrons. The maximum atomic E-state index is 13.1. The van der Waals surface area contributed by atoms with Crippen LogP contribution < -0.4 is 0 Å². The number of nitrogens with zero attached hydrogens (tertiary/aromatic N) is 3. The molecule has 0 spiro atoms. The first-order valence-corrected chi connectivity index (χ1v) is 8.56. The molecule has 132 valence electrons. The number of aryl methyl sites for hydroxylation is 1. The number of likely N-dealkylation sites (tertiary alicyclic amines) is 1. The van der Waals surface area contributed by atoms with Crippen LogP contribution in [-0.4, -0.2) is 44.0 Å². The summed E-state index contributed by atoms with van der Waals surface area (Å²) in [5, 5.41) is 9.38. The highest BCUT2D eigenvalue weighted by atomic mass is 16.4. The molecular formula is C19H23N3O3. The van der Waals surface area contributed by atoms with Crippen molar-refractivity contribution in [3.63, 3.8) is 0 Å². The van der Waals surface area contributed by atoms with E-state index in [2.05, 4.69) is 4.98 Å². The first kappa shape index (κ1) is 17.2. The van der Waals surface area contributed by atoms with Crippen LogP contribution in [0.15, 0.2) is 30.5 Å². The topological polar surface area (TPSA) is 75.4 Å². The Labute approximate surface area is 147 Å². The first-order valence-electron chi connectivity index (χ1n) is 8.56. The van der Waals surface area contributed by atoms with Gasteiger partial charge in [-0.05, 0) is 51.8 Å². The predicted molar refractivity (Wildman–Crippen MR) is 93.9 cm³/mol. The van der Waals surface area contributed by atoms with E-state index < -0.39 is 11.9 Å². The molecule has 6 heteroatoms. The molecule has 1 N–H and O–H groups in total. The van der Waals surface area contributed by atoms with Crippen molar-refractivity contribution < 1.29 is 14.7 Å². The van der Waals surface area contributed by atoms with Crippen molar-refractivity contribution in [1.82, 2.24) is 14.5 Å². The highest BCUT2D eigenvalue weighted by molar-refractivity contribution is 5.96. The molecule has 0 aromatic carbocycles. The van der Waals surface area contributed by atoms with Crippen molar-refractivity contribution >= 4 is 11.9 Å². The second kappa shape index (κ2) is 6.70. The Morgan fingerprint density at radius 3 is 2.68 bits per heavy atom. The van der Waals surface area contributed by atoms with Crippen molar-refractivity contribution in [2.75, 3.05) is 6.54 Å². The number of rotatable bonds is 3. The van der Waals surface area contributed by atoms with Crippen molar-refractivity contribution in [3.8, 4) is 5.82 Å². The zero-order valence-corrected chi connectivity index (χ0v) is 14.8. The fourth-order valence-electron chi connectivity index (χ4n) is 3.73. The van der Waals surface area contributed by atoms with E-state index in [-0.39, 0.29) is 11.9 Å². The number of carboxylic acids is 1. The van der Waals surface area contributed by atoms with Crippen LogP contribution in [0.25, 0.3) is 5.82 Å². The Hall–Kier alpha value is -2.63. The molecule has 1 amide bonds. The summed E-state index contributed by atoms with van der Waals surface area (Å²) in [6, 6.07) is 7.22. The highest BCUT2D eigenvalue weighted by Crippen LogP contribution is 2.27. The number of carbonyl (C=O) groups is 2. The Morgan fingerprint density at radius 1 is 1.28 bits per heavy atom. The minimum Gasteiger partial charge on any atom is -0.481 e. The number of piperidine rings is 1. The molecule has 0 aliphatic carbocycles. The van der Waals surface area contributed by atoms with Gasteiger partial charge in [0.25, 0.3) is 5.91 Å². The molecule has 2 aromatic heterocycles. The van der Waals surface area contributed by atoms with Crippen LogP contribution in [0.4, 0.5) is 0 Å². The van der Waals surface area contributed by atoms with Crippen LogP contribution in [0, 0.1) is 19.8 Å². The molecule has 2 aromatic rings. The van der Waals surface area contributed by atoms with Gasteiger partial charge in [-0.3, -0.25) is 9.59 Å². The third kappa shape index (κ3) is 3.04. The fourth-order valence-corrected chi connectivity index (χ4v) is 3.73. The number of hydrogen-bond acceptors (Lipinski definition) is 3. The summed E-state index contributed by atoms with van der Waals surface area (Å²) in [6.07, 6.45) is 3.05. The average Bonchev–Trinajstić information content (AvgIpc) is 2.89. The van der Waals surface area contributed by atoms with Gasteiger partial charge in [-0.2, -0.15) is 0 Å². The molecule has 1 saturated heterocycles. The van der Waals surface area contributed by atoms with E-state index in [1.54, 1.807) is 11.1 Å². The number of amides is 1. The standard InChI is InChI=1S/C19H23N3O3/c1-12-11-16(14(3)22(12)17-8-4-5-9-20-17)18(23)21-10-6-7-15(13(21)2)19(24)25/h4-5,8-9,11,13,15H,6-7,10H2,1-3H3,(H,24,25)/t13-,15-/m1/s1. The Balaban J connectivity index is 1.95. The lowest BCUT2D eigenvalue weighted by molar-refractivity contribution is -0.144. The summed E-state index contributed by atoms with van der Waals surface area (Å²) >= 11 is 0. The van der Waals surface area contributed by atoms with Crippen LogP contribution in [0.3, 0.4) is 0 Å². The third-order valence-corrected chi connectivity index (χ3v) is 5.11. The van der Waals surface area contributed by atoms with Gasteiger partial charge in [-0.15, -0.1) is 0 Å². The number of aromatic nitrogens is 2. The highest BCUT2D eigenvalue weighted by Gasteiger charge is 2.36. The molecule has 2 atom stereocenters. The van der Waals surface area contributed by atoms with Crippen LogP contribution in [0.5, 0.6) is 0 Å². The Bertz CT molecular complexity index is 798. The summed E-state index contributed by atoms with van der Waals surface area (Å²) in [6.45, 7) is 6.27. The van der Waals surface area contributed by atoms with Crippen LogP contribution in [-0.2, 0) is 4.79 Å². The number of pyridine rings is 1. The van der Waals surface area contributed by atoms with Crippen LogP contribution in [0.2, 0.25) is 0 Å². The number of hydrogen-bond donors (Lipinski definition) is 1. The number of carbonyl (C=O) groups excluding carboxylic acids is 1. The van der Waals surface area contributed by atoms with Crippen LogP contribution in [0.1, 0.15) is 41.5 Å². The smallest absolute Gasteiger partial charge is 0.308 e. The van der Waals surface area contributed by atoms with E-state index >= 15 is 0 Å². The SMILES string of the molecule is Cc1cc(C(=O)N2CCC[C@@H](C(=O)O)[C@H]2C)c(C)n1-c1ccccn1. The minimum absolute atomic E-state index is 0.103. The summed E-state index contributed by atoms with van der Waals surface area (Å²) in [4.78, 5) is 30.6. The van der Waals surface area contributed by atoms with E-state index in [0.29, 0.717) is 24.9 Å². The van der Waals surface area contributed by atoms with Crippen molar-refractivity contribution in [3.05, 3.63) is 47.4 Å². The lowest BCUT2D eigenvalue weighted by Gasteiger charge is -2.37. The second-order valence-corrected chi connectivity index (χ2v) is 6.63. The van der Waals surface area contributed by atoms with Gasteiger partial charge in [0.05, 0.1) is 11.5 Å². The Morgan fingerprint density at radius 2 is 2.04 bits per heavy atom. The van der Waals surface area contributed by atoms with E-state index in [9.17, 15) is 14.7 Å². The number of aliphatic carboxylic acids is 1. The molecule has 0 saturated carbocycles. The quantitative estimate of drug-likeness (QED) is 0.931. The fraction of sp³-hybridized carbons (Fsp3) is 0.421. The normalized spacial score (nSPS) is 20.5. The zero-order valence-electron chi connectivity index (χ0n) is 14.8. The van der Waals surface area contributed by atoms with E-state index in [0.717, 1.165) is 17.2 Å². The summed E-state index contributed by atoms with van der Waals surface area (Å²) in [5.74, 6) is -0.665. The van der Waals surface area contributed by atoms with Crippen molar-refractivity contribution in [2.45, 2.75) is 39.7 Å². The van der Waals surface area contributed by atoms with Crippen LogP contribution >= 0.6 is 0 Å². The van der Waals surface area contributed by atoms with Gasteiger partial charge in [0.15, 0.2) is 0 Å². The second-order valence-electron chi connectivity index (χ2n) is 6.63. The summed E-state index contributed by atoms with van der Waals surface area (Å²) in [7, 11) is 0. The lowest BCUT2D eigenvalue weighted by Crippen LogP contribution is -2.49. The van der Waals surface area contributed by atoms with Gasteiger partial charge in [0.2, 0.25) is 0 Å². The molecule has 0 bridgehead atoms. The Kier molecular flexibility index (Phi) is 4.61. The van der Waals surface area contributed by atoms with Crippen molar-refractivity contribution in [1.29, 1.82) is 0 Å². The van der Waals surface area contributed by atoms with E-state index in [1.165, 1.54) is 0 Å². The molecule has 0 unspecified atom stereocenters. The summed E-state index contributed by atoms with van der Waals surface area (Å²) < 4.78 is 1.95.